The highest BCUT2D eigenvalue weighted by Crippen LogP contribution is 2.26. The first-order valence-corrected chi connectivity index (χ1v) is 9.81. The van der Waals surface area contributed by atoms with E-state index in [0.29, 0.717) is 32.1 Å². The van der Waals surface area contributed by atoms with E-state index in [1.54, 1.807) is 13.8 Å². The molecule has 0 radical (unpaired) electrons. The van der Waals surface area contributed by atoms with E-state index >= 15 is 0 Å². The molecule has 0 aliphatic carbocycles. The summed E-state index contributed by atoms with van der Waals surface area (Å²) in [7, 11) is -3.39. The van der Waals surface area contributed by atoms with Crippen molar-refractivity contribution in [3.63, 3.8) is 0 Å². The van der Waals surface area contributed by atoms with Crippen molar-refractivity contribution in [2.75, 3.05) is 45.0 Å². The second-order valence-corrected chi connectivity index (χ2v) is 9.23. The third-order valence-corrected chi connectivity index (χ3v) is 6.90. The molecule has 7 heteroatoms. The molecule has 2 heterocycles. The maximum Gasteiger partial charge on any atom is 0.229 e. The van der Waals surface area contributed by atoms with Crippen LogP contribution in [-0.4, -0.2) is 68.6 Å². The van der Waals surface area contributed by atoms with Crippen molar-refractivity contribution in [1.29, 1.82) is 0 Å². The minimum Gasteiger partial charge on any atom is -0.342 e. The molecule has 1 amide bonds. The number of hydrogen-bond acceptors (Lipinski definition) is 4. The zero-order valence-corrected chi connectivity index (χ0v) is 14.8. The smallest absolute Gasteiger partial charge is 0.229 e. The highest BCUT2D eigenvalue weighted by molar-refractivity contribution is 7.89. The summed E-state index contributed by atoms with van der Waals surface area (Å²) in [5.41, 5.74) is -0.871. The lowest BCUT2D eigenvalue weighted by molar-refractivity contribution is -0.140. The SMILES string of the molecule is CC1CCN(C(=O)C(C)(C)CS(=O)(=O)N2CCNCC2)CC1. The minimum absolute atomic E-state index is 0.0295. The number of nitrogens with zero attached hydrogens (tertiary/aromatic N) is 2. The molecule has 128 valence electrons. The number of sulfonamides is 1. The van der Waals surface area contributed by atoms with E-state index in [0.717, 1.165) is 25.9 Å². The topological polar surface area (TPSA) is 69.7 Å². The van der Waals surface area contributed by atoms with E-state index in [9.17, 15) is 13.2 Å². The zero-order chi connectivity index (χ0) is 16.4. The van der Waals surface area contributed by atoms with Gasteiger partial charge in [0.05, 0.1) is 11.2 Å². The van der Waals surface area contributed by atoms with Crippen LogP contribution in [0.2, 0.25) is 0 Å². The van der Waals surface area contributed by atoms with Gasteiger partial charge in [-0.3, -0.25) is 4.79 Å². The van der Waals surface area contributed by atoms with Gasteiger partial charge in [-0.25, -0.2) is 8.42 Å². The van der Waals surface area contributed by atoms with Gasteiger partial charge < -0.3 is 10.2 Å². The third kappa shape index (κ3) is 4.20. The van der Waals surface area contributed by atoms with Crippen molar-refractivity contribution in [3.05, 3.63) is 0 Å². The van der Waals surface area contributed by atoms with E-state index in [4.69, 9.17) is 0 Å². The molecule has 0 aromatic carbocycles. The molecule has 0 unspecified atom stereocenters. The summed E-state index contributed by atoms with van der Waals surface area (Å²) in [6, 6.07) is 0. The predicted octanol–water partition coefficient (Wildman–Crippen LogP) is 0.506. The van der Waals surface area contributed by atoms with Crippen molar-refractivity contribution in [2.45, 2.75) is 33.6 Å². The van der Waals surface area contributed by atoms with Crippen LogP contribution in [0.4, 0.5) is 0 Å². The summed E-state index contributed by atoms with van der Waals surface area (Å²) in [5.74, 6) is 0.514. The van der Waals surface area contributed by atoms with Gasteiger partial charge in [0, 0.05) is 39.3 Å². The molecule has 6 nitrogen and oxygen atoms in total. The summed E-state index contributed by atoms with van der Waals surface area (Å²) in [4.78, 5) is 14.6. The predicted molar refractivity (Wildman–Crippen MR) is 87.0 cm³/mol. The van der Waals surface area contributed by atoms with Crippen LogP contribution in [0.5, 0.6) is 0 Å². The summed E-state index contributed by atoms with van der Waals surface area (Å²) in [6.45, 7) is 9.55. The van der Waals surface area contributed by atoms with E-state index in [2.05, 4.69) is 12.2 Å². The number of piperidine rings is 1. The monoisotopic (exact) mass is 331 g/mol. The lowest BCUT2D eigenvalue weighted by Gasteiger charge is -2.37. The number of amides is 1. The molecule has 1 N–H and O–H groups in total. The van der Waals surface area contributed by atoms with Gasteiger partial charge in [-0.15, -0.1) is 0 Å². The molecule has 0 saturated carbocycles. The van der Waals surface area contributed by atoms with Crippen LogP contribution < -0.4 is 5.32 Å². The number of rotatable bonds is 4. The van der Waals surface area contributed by atoms with Crippen molar-refractivity contribution in [1.82, 2.24) is 14.5 Å². The van der Waals surface area contributed by atoms with Gasteiger partial charge in [0.1, 0.15) is 0 Å². The molecule has 0 spiro atoms. The number of likely N-dealkylation sites (tertiary alicyclic amines) is 1. The summed E-state index contributed by atoms with van der Waals surface area (Å²) in [5, 5.41) is 3.15. The quantitative estimate of drug-likeness (QED) is 0.815. The third-order valence-electron chi connectivity index (χ3n) is 4.66. The van der Waals surface area contributed by atoms with Gasteiger partial charge in [0.2, 0.25) is 15.9 Å². The van der Waals surface area contributed by atoms with E-state index in [-0.39, 0.29) is 11.7 Å². The molecule has 22 heavy (non-hydrogen) atoms. The Morgan fingerprint density at radius 1 is 1.14 bits per heavy atom. The van der Waals surface area contributed by atoms with Gasteiger partial charge in [-0.2, -0.15) is 4.31 Å². The first-order chi connectivity index (χ1) is 10.2. The summed E-state index contributed by atoms with van der Waals surface area (Å²) in [6.07, 6.45) is 2.01. The number of carbonyl (C=O) groups is 1. The Hall–Kier alpha value is -0.660. The van der Waals surface area contributed by atoms with Crippen molar-refractivity contribution < 1.29 is 13.2 Å². The Kier molecular flexibility index (Phi) is 5.50. The van der Waals surface area contributed by atoms with Gasteiger partial charge in [0.25, 0.3) is 0 Å². The van der Waals surface area contributed by atoms with Crippen molar-refractivity contribution in [2.24, 2.45) is 11.3 Å². The highest BCUT2D eigenvalue weighted by Gasteiger charge is 2.39. The molecule has 2 saturated heterocycles. The van der Waals surface area contributed by atoms with Crippen LogP contribution in [0.3, 0.4) is 0 Å². The minimum atomic E-state index is -3.39. The molecule has 2 aliphatic rings. The molecule has 0 aromatic rings. The van der Waals surface area contributed by atoms with Crippen LogP contribution >= 0.6 is 0 Å². The number of carbonyl (C=O) groups excluding carboxylic acids is 1. The maximum atomic E-state index is 12.7. The van der Waals surface area contributed by atoms with Crippen LogP contribution in [0.25, 0.3) is 0 Å². The van der Waals surface area contributed by atoms with E-state index < -0.39 is 15.4 Å². The molecular weight excluding hydrogens is 302 g/mol. The Balaban J connectivity index is 2.01. The Bertz CT molecular complexity index is 490. The molecule has 2 aliphatic heterocycles. The van der Waals surface area contributed by atoms with Crippen LogP contribution in [0, 0.1) is 11.3 Å². The Morgan fingerprint density at radius 2 is 1.68 bits per heavy atom. The molecule has 2 rings (SSSR count). The van der Waals surface area contributed by atoms with E-state index in [1.165, 1.54) is 4.31 Å². The fourth-order valence-corrected chi connectivity index (χ4v) is 5.13. The standard InChI is InChI=1S/C15H29N3O3S/c1-13-4-8-17(9-5-13)14(19)15(2,3)12-22(20,21)18-10-6-16-7-11-18/h13,16H,4-12H2,1-3H3. The van der Waals surface area contributed by atoms with Gasteiger partial charge in [-0.1, -0.05) is 6.92 Å². The number of piperazine rings is 1. The van der Waals surface area contributed by atoms with Crippen molar-refractivity contribution in [3.8, 4) is 0 Å². The van der Waals surface area contributed by atoms with Gasteiger partial charge >= 0.3 is 0 Å². The Morgan fingerprint density at radius 3 is 2.23 bits per heavy atom. The first-order valence-electron chi connectivity index (χ1n) is 8.20. The summed E-state index contributed by atoms with van der Waals surface area (Å²) < 4.78 is 26.6. The average molecular weight is 331 g/mol. The maximum absolute atomic E-state index is 12.7. The van der Waals surface area contributed by atoms with E-state index in [1.807, 2.05) is 4.90 Å². The number of nitrogens with one attached hydrogen (secondary N) is 1. The van der Waals surface area contributed by atoms with Crippen LogP contribution in [0.15, 0.2) is 0 Å². The average Bonchev–Trinajstić information content (AvgIpc) is 2.47. The van der Waals surface area contributed by atoms with Gasteiger partial charge in [0.15, 0.2) is 0 Å². The molecule has 2 fully saturated rings. The molecule has 0 aromatic heterocycles. The molecular formula is C15H29N3O3S. The molecule has 0 atom stereocenters. The first kappa shape index (κ1) is 17.7. The zero-order valence-electron chi connectivity index (χ0n) is 14.0. The van der Waals surface area contributed by atoms with Gasteiger partial charge in [-0.05, 0) is 32.6 Å². The highest BCUT2D eigenvalue weighted by atomic mass is 32.2. The normalized spacial score (nSPS) is 22.8. The largest absolute Gasteiger partial charge is 0.342 e. The lowest BCUT2D eigenvalue weighted by atomic mass is 9.91. The van der Waals surface area contributed by atoms with Crippen molar-refractivity contribution >= 4 is 15.9 Å². The molecule has 0 bridgehead atoms. The summed E-state index contributed by atoms with van der Waals surface area (Å²) >= 11 is 0. The second kappa shape index (κ2) is 6.84. The fraction of sp³-hybridized carbons (Fsp3) is 0.933. The fourth-order valence-electron chi connectivity index (χ4n) is 3.17. The lowest BCUT2D eigenvalue weighted by Crippen LogP contribution is -2.52. The Labute approximate surface area is 134 Å². The van der Waals surface area contributed by atoms with Crippen LogP contribution in [0.1, 0.15) is 33.6 Å². The van der Waals surface area contributed by atoms with Crippen LogP contribution in [-0.2, 0) is 14.8 Å². The number of hydrogen-bond donors (Lipinski definition) is 1. The second-order valence-electron chi connectivity index (χ2n) is 7.26.